The van der Waals surface area contributed by atoms with Crippen molar-refractivity contribution in [3.63, 3.8) is 0 Å². The molecule has 0 spiro atoms. The van der Waals surface area contributed by atoms with Crippen LogP contribution in [0.5, 0.6) is 0 Å². The molecule has 0 fully saturated rings. The zero-order valence-corrected chi connectivity index (χ0v) is 11.6. The standard InChI is InChI=1S/C16H17FN2O/c1-11-6-5-8-13(15(11)17)16(20)19(2)10-12-7-3-4-9-14(12)18/h3-9H,10,18H2,1-2H3. The van der Waals surface area contributed by atoms with Crippen LogP contribution < -0.4 is 5.73 Å². The predicted octanol–water partition coefficient (Wildman–Crippen LogP) is 2.99. The maximum absolute atomic E-state index is 14.0. The Bertz CT molecular complexity index is 640. The van der Waals surface area contributed by atoms with E-state index < -0.39 is 5.82 Å². The molecule has 0 aromatic heterocycles. The van der Waals surface area contributed by atoms with E-state index in [1.807, 2.05) is 18.2 Å². The Hall–Kier alpha value is -2.36. The lowest BCUT2D eigenvalue weighted by Gasteiger charge is -2.19. The summed E-state index contributed by atoms with van der Waals surface area (Å²) in [7, 11) is 1.64. The minimum Gasteiger partial charge on any atom is -0.398 e. The third-order valence-electron chi connectivity index (χ3n) is 3.23. The van der Waals surface area contributed by atoms with Crippen molar-refractivity contribution in [3.05, 3.63) is 65.0 Å². The van der Waals surface area contributed by atoms with E-state index in [0.29, 0.717) is 17.8 Å². The predicted molar refractivity (Wildman–Crippen MR) is 77.8 cm³/mol. The van der Waals surface area contributed by atoms with E-state index in [1.54, 1.807) is 32.2 Å². The molecule has 0 bridgehead atoms. The normalized spacial score (nSPS) is 10.3. The van der Waals surface area contributed by atoms with Gasteiger partial charge in [-0.3, -0.25) is 4.79 Å². The van der Waals surface area contributed by atoms with Crippen LogP contribution in [0.4, 0.5) is 10.1 Å². The van der Waals surface area contributed by atoms with Crippen LogP contribution in [0.2, 0.25) is 0 Å². The summed E-state index contributed by atoms with van der Waals surface area (Å²) in [6, 6.07) is 12.1. The van der Waals surface area contributed by atoms with Crippen LogP contribution in [0.3, 0.4) is 0 Å². The van der Waals surface area contributed by atoms with Crippen molar-refractivity contribution in [2.45, 2.75) is 13.5 Å². The lowest BCUT2D eigenvalue weighted by atomic mass is 10.1. The van der Waals surface area contributed by atoms with Gasteiger partial charge in [-0.1, -0.05) is 30.3 Å². The molecule has 0 saturated carbocycles. The molecule has 2 aromatic carbocycles. The van der Waals surface area contributed by atoms with Gasteiger partial charge in [0.15, 0.2) is 0 Å². The van der Waals surface area contributed by atoms with Crippen molar-refractivity contribution in [2.75, 3.05) is 12.8 Å². The second kappa shape index (κ2) is 5.74. The molecular formula is C16H17FN2O. The van der Waals surface area contributed by atoms with Crippen molar-refractivity contribution in [2.24, 2.45) is 0 Å². The van der Waals surface area contributed by atoms with Crippen LogP contribution >= 0.6 is 0 Å². The van der Waals surface area contributed by atoms with Gasteiger partial charge in [0.05, 0.1) is 5.56 Å². The summed E-state index contributed by atoms with van der Waals surface area (Å²) < 4.78 is 14.0. The SMILES string of the molecule is Cc1cccc(C(=O)N(C)Cc2ccccc2N)c1F. The van der Waals surface area contributed by atoms with Crippen LogP contribution in [-0.4, -0.2) is 17.9 Å². The molecule has 2 rings (SSSR count). The van der Waals surface area contributed by atoms with Crippen molar-refractivity contribution < 1.29 is 9.18 Å². The number of hydrogen-bond acceptors (Lipinski definition) is 2. The van der Waals surface area contributed by atoms with E-state index in [0.717, 1.165) is 5.56 Å². The fraction of sp³-hybridized carbons (Fsp3) is 0.188. The number of nitrogen functional groups attached to an aromatic ring is 1. The minimum atomic E-state index is -0.467. The first-order chi connectivity index (χ1) is 9.50. The number of nitrogens with two attached hydrogens (primary N) is 1. The van der Waals surface area contributed by atoms with E-state index in [1.165, 1.54) is 11.0 Å². The summed E-state index contributed by atoms with van der Waals surface area (Å²) in [5.74, 6) is -0.820. The molecule has 0 atom stereocenters. The molecule has 4 heteroatoms. The molecule has 2 aromatic rings. The number of rotatable bonds is 3. The lowest BCUT2D eigenvalue weighted by molar-refractivity contribution is 0.0780. The van der Waals surface area contributed by atoms with E-state index in [-0.39, 0.29) is 11.5 Å². The van der Waals surface area contributed by atoms with E-state index in [9.17, 15) is 9.18 Å². The Morgan fingerprint density at radius 3 is 2.60 bits per heavy atom. The highest BCUT2D eigenvalue weighted by atomic mass is 19.1. The largest absolute Gasteiger partial charge is 0.398 e. The molecule has 1 amide bonds. The summed E-state index contributed by atoms with van der Waals surface area (Å²) in [4.78, 5) is 13.7. The molecule has 0 aliphatic rings. The van der Waals surface area contributed by atoms with Crippen LogP contribution in [0.1, 0.15) is 21.5 Å². The van der Waals surface area contributed by atoms with Gasteiger partial charge < -0.3 is 10.6 Å². The number of amides is 1. The maximum atomic E-state index is 14.0. The maximum Gasteiger partial charge on any atom is 0.256 e. The van der Waals surface area contributed by atoms with Gasteiger partial charge in [-0.05, 0) is 30.2 Å². The summed E-state index contributed by atoms with van der Waals surface area (Å²) >= 11 is 0. The van der Waals surface area contributed by atoms with Gasteiger partial charge in [0.2, 0.25) is 0 Å². The second-order valence-corrected chi connectivity index (χ2v) is 4.80. The zero-order valence-electron chi connectivity index (χ0n) is 11.6. The Kier molecular flexibility index (Phi) is 4.03. The third kappa shape index (κ3) is 2.79. The zero-order chi connectivity index (χ0) is 14.7. The Labute approximate surface area is 117 Å². The highest BCUT2D eigenvalue weighted by Crippen LogP contribution is 2.17. The molecule has 2 N–H and O–H groups in total. The summed E-state index contributed by atoms with van der Waals surface area (Å²) in [5.41, 5.74) is 7.86. The van der Waals surface area contributed by atoms with E-state index in [4.69, 9.17) is 5.73 Å². The third-order valence-corrected chi connectivity index (χ3v) is 3.23. The van der Waals surface area contributed by atoms with Crippen LogP contribution in [0.15, 0.2) is 42.5 Å². The Morgan fingerprint density at radius 1 is 1.20 bits per heavy atom. The van der Waals surface area contributed by atoms with Crippen LogP contribution in [0.25, 0.3) is 0 Å². The second-order valence-electron chi connectivity index (χ2n) is 4.80. The number of benzene rings is 2. The van der Waals surface area contributed by atoms with E-state index in [2.05, 4.69) is 0 Å². The highest BCUT2D eigenvalue weighted by Gasteiger charge is 2.17. The number of anilines is 1. The first-order valence-corrected chi connectivity index (χ1v) is 6.34. The van der Waals surface area contributed by atoms with Gasteiger partial charge in [-0.25, -0.2) is 4.39 Å². The Morgan fingerprint density at radius 2 is 1.90 bits per heavy atom. The average molecular weight is 272 g/mol. The lowest BCUT2D eigenvalue weighted by Crippen LogP contribution is -2.27. The van der Waals surface area contributed by atoms with Gasteiger partial charge >= 0.3 is 0 Å². The highest BCUT2D eigenvalue weighted by molar-refractivity contribution is 5.94. The van der Waals surface area contributed by atoms with Crippen molar-refractivity contribution in [1.29, 1.82) is 0 Å². The molecule has 3 nitrogen and oxygen atoms in total. The van der Waals surface area contributed by atoms with Crippen LogP contribution in [0, 0.1) is 12.7 Å². The molecular weight excluding hydrogens is 255 g/mol. The fourth-order valence-electron chi connectivity index (χ4n) is 2.02. The van der Waals surface area contributed by atoms with Gasteiger partial charge in [-0.2, -0.15) is 0 Å². The number of hydrogen-bond donors (Lipinski definition) is 1. The first-order valence-electron chi connectivity index (χ1n) is 6.34. The monoisotopic (exact) mass is 272 g/mol. The molecule has 0 aliphatic heterocycles. The smallest absolute Gasteiger partial charge is 0.256 e. The van der Waals surface area contributed by atoms with Gasteiger partial charge in [0.1, 0.15) is 5.82 Å². The molecule has 0 radical (unpaired) electrons. The van der Waals surface area contributed by atoms with Crippen LogP contribution in [-0.2, 0) is 6.54 Å². The van der Waals surface area contributed by atoms with Gasteiger partial charge in [0.25, 0.3) is 5.91 Å². The molecule has 0 heterocycles. The summed E-state index contributed by atoms with van der Waals surface area (Å²) in [6.07, 6.45) is 0. The fourth-order valence-corrected chi connectivity index (χ4v) is 2.02. The number of halogens is 1. The quantitative estimate of drug-likeness (QED) is 0.873. The number of nitrogens with zero attached hydrogens (tertiary/aromatic N) is 1. The van der Waals surface area contributed by atoms with Gasteiger partial charge in [-0.15, -0.1) is 0 Å². The van der Waals surface area contributed by atoms with Crippen molar-refractivity contribution in [3.8, 4) is 0 Å². The summed E-state index contributed by atoms with van der Waals surface area (Å²) in [5, 5.41) is 0. The summed E-state index contributed by atoms with van der Waals surface area (Å²) in [6.45, 7) is 1.99. The number of para-hydroxylation sites is 1. The minimum absolute atomic E-state index is 0.0852. The number of carbonyl (C=O) groups excluding carboxylic acids is 1. The molecule has 104 valence electrons. The number of carbonyl (C=O) groups is 1. The molecule has 0 saturated heterocycles. The number of aryl methyl sites for hydroxylation is 1. The topological polar surface area (TPSA) is 46.3 Å². The average Bonchev–Trinajstić information content (AvgIpc) is 2.43. The van der Waals surface area contributed by atoms with Gasteiger partial charge in [0, 0.05) is 19.3 Å². The molecule has 0 aliphatic carbocycles. The molecule has 20 heavy (non-hydrogen) atoms. The van der Waals surface area contributed by atoms with Crippen molar-refractivity contribution in [1.82, 2.24) is 4.90 Å². The first kappa shape index (κ1) is 14.1. The van der Waals surface area contributed by atoms with Crippen molar-refractivity contribution >= 4 is 11.6 Å². The Balaban J connectivity index is 2.21. The van der Waals surface area contributed by atoms with E-state index >= 15 is 0 Å². The molecule has 0 unspecified atom stereocenters.